The highest BCUT2D eigenvalue weighted by Crippen LogP contribution is 2.29. The van der Waals surface area contributed by atoms with E-state index >= 15 is 0 Å². The SMILES string of the molecule is O=C(NC1Cc2cccc(O)c2C1)N1CCCC1. The number of nitrogens with zero attached hydrogens (tertiary/aromatic N) is 1. The van der Waals surface area contributed by atoms with Crippen LogP contribution in [0.5, 0.6) is 5.75 Å². The fraction of sp³-hybridized carbons (Fsp3) is 0.500. The molecule has 4 heteroatoms. The Kier molecular flexibility index (Phi) is 2.86. The minimum atomic E-state index is 0.0461. The summed E-state index contributed by atoms with van der Waals surface area (Å²) in [5.41, 5.74) is 2.14. The zero-order valence-electron chi connectivity index (χ0n) is 10.4. The minimum Gasteiger partial charge on any atom is -0.508 e. The van der Waals surface area contributed by atoms with Gasteiger partial charge in [-0.2, -0.15) is 0 Å². The van der Waals surface area contributed by atoms with Gasteiger partial charge in [-0.15, -0.1) is 0 Å². The highest BCUT2D eigenvalue weighted by atomic mass is 16.3. The summed E-state index contributed by atoms with van der Waals surface area (Å²) in [5, 5.41) is 12.8. The number of hydrogen-bond acceptors (Lipinski definition) is 2. The zero-order chi connectivity index (χ0) is 12.5. The van der Waals surface area contributed by atoms with Gasteiger partial charge in [0.25, 0.3) is 0 Å². The van der Waals surface area contributed by atoms with Gasteiger partial charge in [0.15, 0.2) is 0 Å². The summed E-state index contributed by atoms with van der Waals surface area (Å²) in [7, 11) is 0. The second-order valence-corrected chi connectivity index (χ2v) is 5.16. The van der Waals surface area contributed by atoms with Crippen LogP contribution in [0.2, 0.25) is 0 Å². The first-order chi connectivity index (χ1) is 8.74. The standard InChI is InChI=1S/C14H18N2O2/c17-13-5-3-4-10-8-11(9-12(10)13)15-14(18)16-6-1-2-7-16/h3-5,11,17H,1-2,6-9H2,(H,15,18). The van der Waals surface area contributed by atoms with Crippen LogP contribution in [-0.4, -0.2) is 35.2 Å². The van der Waals surface area contributed by atoms with Crippen molar-refractivity contribution in [3.63, 3.8) is 0 Å². The van der Waals surface area contributed by atoms with E-state index in [2.05, 4.69) is 5.32 Å². The fourth-order valence-electron chi connectivity index (χ4n) is 2.92. The van der Waals surface area contributed by atoms with Crippen LogP contribution in [0, 0.1) is 0 Å². The third-order valence-corrected chi connectivity index (χ3v) is 3.89. The Labute approximate surface area is 107 Å². The first-order valence-electron chi connectivity index (χ1n) is 6.59. The molecule has 0 aromatic heterocycles. The van der Waals surface area contributed by atoms with Gasteiger partial charge in [-0.25, -0.2) is 4.79 Å². The summed E-state index contributed by atoms with van der Waals surface area (Å²) in [4.78, 5) is 13.9. The van der Waals surface area contributed by atoms with Gasteiger partial charge in [0.05, 0.1) is 0 Å². The molecule has 1 unspecified atom stereocenters. The Morgan fingerprint density at radius 3 is 2.78 bits per heavy atom. The first kappa shape index (κ1) is 11.4. The van der Waals surface area contributed by atoms with Gasteiger partial charge in [-0.3, -0.25) is 0 Å². The lowest BCUT2D eigenvalue weighted by atomic mass is 10.1. The molecule has 0 bridgehead atoms. The van der Waals surface area contributed by atoms with Crippen LogP contribution in [0.15, 0.2) is 18.2 Å². The van der Waals surface area contributed by atoms with Crippen LogP contribution in [0.4, 0.5) is 4.79 Å². The molecule has 2 aliphatic rings. The molecule has 2 amide bonds. The molecule has 1 fully saturated rings. The van der Waals surface area contributed by atoms with Crippen LogP contribution >= 0.6 is 0 Å². The lowest BCUT2D eigenvalue weighted by molar-refractivity contribution is 0.205. The molecular formula is C14H18N2O2. The smallest absolute Gasteiger partial charge is 0.317 e. The summed E-state index contributed by atoms with van der Waals surface area (Å²) in [6, 6.07) is 5.77. The monoisotopic (exact) mass is 246 g/mol. The predicted molar refractivity (Wildman–Crippen MR) is 68.6 cm³/mol. The van der Waals surface area contributed by atoms with Crippen LogP contribution < -0.4 is 5.32 Å². The molecule has 96 valence electrons. The predicted octanol–water partition coefficient (Wildman–Crippen LogP) is 1.66. The van der Waals surface area contributed by atoms with Crippen LogP contribution in [0.1, 0.15) is 24.0 Å². The van der Waals surface area contributed by atoms with E-state index in [4.69, 9.17) is 0 Å². The van der Waals surface area contributed by atoms with Gasteiger partial charge in [-0.05, 0) is 42.9 Å². The van der Waals surface area contributed by atoms with Crippen molar-refractivity contribution < 1.29 is 9.90 Å². The van der Waals surface area contributed by atoms with Crippen LogP contribution in [-0.2, 0) is 12.8 Å². The minimum absolute atomic E-state index is 0.0461. The van der Waals surface area contributed by atoms with E-state index in [-0.39, 0.29) is 12.1 Å². The average molecular weight is 246 g/mol. The largest absolute Gasteiger partial charge is 0.508 e. The van der Waals surface area contributed by atoms with E-state index in [9.17, 15) is 9.90 Å². The second kappa shape index (κ2) is 4.52. The van der Waals surface area contributed by atoms with Gasteiger partial charge in [0.2, 0.25) is 0 Å². The van der Waals surface area contributed by atoms with E-state index in [0.29, 0.717) is 5.75 Å². The molecule has 1 heterocycles. The van der Waals surface area contributed by atoms with Crippen molar-refractivity contribution in [2.45, 2.75) is 31.7 Å². The number of phenols is 1. The van der Waals surface area contributed by atoms with Gasteiger partial charge >= 0.3 is 6.03 Å². The molecule has 1 aromatic carbocycles. The van der Waals surface area contributed by atoms with Crippen molar-refractivity contribution >= 4 is 6.03 Å². The molecule has 2 N–H and O–H groups in total. The average Bonchev–Trinajstić information content (AvgIpc) is 2.97. The van der Waals surface area contributed by atoms with Crippen molar-refractivity contribution in [3.05, 3.63) is 29.3 Å². The van der Waals surface area contributed by atoms with Crippen LogP contribution in [0.3, 0.4) is 0 Å². The Morgan fingerprint density at radius 2 is 2.06 bits per heavy atom. The lowest BCUT2D eigenvalue weighted by Gasteiger charge is -2.19. The van der Waals surface area contributed by atoms with Crippen LogP contribution in [0.25, 0.3) is 0 Å². The maximum absolute atomic E-state index is 12.0. The number of nitrogens with one attached hydrogen (secondary N) is 1. The molecule has 18 heavy (non-hydrogen) atoms. The Bertz CT molecular complexity index is 467. The summed E-state index contributed by atoms with van der Waals surface area (Å²) >= 11 is 0. The number of phenolic OH excluding ortho intramolecular Hbond substituents is 1. The molecule has 1 atom stereocenters. The fourth-order valence-corrected chi connectivity index (χ4v) is 2.92. The van der Waals surface area contributed by atoms with E-state index in [1.54, 1.807) is 6.07 Å². The third-order valence-electron chi connectivity index (χ3n) is 3.89. The molecule has 1 aliphatic carbocycles. The number of likely N-dealkylation sites (tertiary alicyclic amines) is 1. The number of benzene rings is 1. The van der Waals surface area contributed by atoms with Gasteiger partial charge < -0.3 is 15.3 Å². The molecular weight excluding hydrogens is 228 g/mol. The quantitative estimate of drug-likeness (QED) is 0.792. The van der Waals surface area contributed by atoms with Gasteiger partial charge in [-0.1, -0.05) is 12.1 Å². The number of fused-ring (bicyclic) bond motifs is 1. The Morgan fingerprint density at radius 1 is 1.28 bits per heavy atom. The lowest BCUT2D eigenvalue weighted by Crippen LogP contribution is -2.43. The molecule has 1 aromatic rings. The molecule has 0 saturated carbocycles. The maximum atomic E-state index is 12.0. The van der Waals surface area contributed by atoms with Gasteiger partial charge in [0, 0.05) is 19.1 Å². The molecule has 4 nitrogen and oxygen atoms in total. The number of rotatable bonds is 1. The molecule has 0 spiro atoms. The number of urea groups is 1. The summed E-state index contributed by atoms with van der Waals surface area (Å²) in [6.45, 7) is 1.74. The zero-order valence-corrected chi connectivity index (χ0v) is 10.4. The van der Waals surface area contributed by atoms with Crippen molar-refractivity contribution in [3.8, 4) is 5.75 Å². The van der Waals surface area contributed by atoms with Gasteiger partial charge in [0.1, 0.15) is 5.75 Å². The van der Waals surface area contributed by atoms with E-state index < -0.39 is 0 Å². The normalized spacial score (nSPS) is 22.0. The molecule has 1 aliphatic heterocycles. The molecule has 0 radical (unpaired) electrons. The van der Waals surface area contributed by atoms with Crippen molar-refractivity contribution in [1.29, 1.82) is 0 Å². The molecule has 3 rings (SSSR count). The van der Waals surface area contributed by atoms with Crippen molar-refractivity contribution in [2.75, 3.05) is 13.1 Å². The van der Waals surface area contributed by atoms with E-state index in [1.165, 1.54) is 0 Å². The number of carbonyl (C=O) groups excluding carboxylic acids is 1. The highest BCUT2D eigenvalue weighted by Gasteiger charge is 2.27. The Hall–Kier alpha value is -1.71. The van der Waals surface area contributed by atoms with E-state index in [1.807, 2.05) is 17.0 Å². The van der Waals surface area contributed by atoms with Crippen molar-refractivity contribution in [2.24, 2.45) is 0 Å². The van der Waals surface area contributed by atoms with Crippen molar-refractivity contribution in [1.82, 2.24) is 10.2 Å². The topological polar surface area (TPSA) is 52.6 Å². The second-order valence-electron chi connectivity index (χ2n) is 5.16. The highest BCUT2D eigenvalue weighted by molar-refractivity contribution is 5.75. The summed E-state index contributed by atoms with van der Waals surface area (Å²) < 4.78 is 0. The number of carbonyl (C=O) groups is 1. The summed E-state index contributed by atoms with van der Waals surface area (Å²) in [6.07, 6.45) is 3.78. The third kappa shape index (κ3) is 2.03. The first-order valence-corrected chi connectivity index (χ1v) is 6.59. The van der Waals surface area contributed by atoms with E-state index in [0.717, 1.165) is 49.9 Å². The number of hydrogen-bond donors (Lipinski definition) is 2. The molecule has 1 saturated heterocycles. The Balaban J connectivity index is 1.64. The number of amides is 2. The number of aromatic hydroxyl groups is 1. The summed E-state index contributed by atoms with van der Waals surface area (Å²) in [5.74, 6) is 0.352. The maximum Gasteiger partial charge on any atom is 0.317 e.